The molecule has 2 rings (SSSR count). The molecule has 0 aliphatic carbocycles. The van der Waals surface area contributed by atoms with Crippen LogP contribution in [-0.4, -0.2) is 44.6 Å². The van der Waals surface area contributed by atoms with Crippen molar-refractivity contribution in [2.75, 3.05) is 21.1 Å². The Bertz CT molecular complexity index is 819. The highest BCUT2D eigenvalue weighted by Gasteiger charge is 2.12. The van der Waals surface area contributed by atoms with Crippen LogP contribution in [0.4, 0.5) is 0 Å². The topological polar surface area (TPSA) is 83.5 Å². The maximum Gasteiger partial charge on any atom is 0.343 e. The summed E-state index contributed by atoms with van der Waals surface area (Å²) in [6.45, 7) is 0.834. The number of carbonyl (C=O) groups is 1. The number of nitrogens with zero attached hydrogens (tertiary/aromatic N) is 1. The number of ether oxygens (including phenoxy) is 1. The zero-order valence-electron chi connectivity index (χ0n) is 13.7. The Balaban J connectivity index is 2.07. The van der Waals surface area contributed by atoms with Gasteiger partial charge in [0, 0.05) is 5.56 Å². The average Bonchev–Trinajstić information content (AvgIpc) is 2.46. The molecule has 0 fully saturated rings. The highest BCUT2D eigenvalue weighted by Crippen LogP contribution is 2.17. The molecule has 0 radical (unpaired) electrons. The van der Waals surface area contributed by atoms with E-state index in [0.717, 1.165) is 28.7 Å². The van der Waals surface area contributed by atoms with Crippen molar-refractivity contribution in [3.8, 4) is 5.75 Å². The van der Waals surface area contributed by atoms with Gasteiger partial charge in [-0.05, 0) is 36.4 Å². The average molecular weight is 349 g/mol. The summed E-state index contributed by atoms with van der Waals surface area (Å²) in [5.74, 6) is -0.382. The summed E-state index contributed by atoms with van der Waals surface area (Å²) in [7, 11) is 1.72. The van der Waals surface area contributed by atoms with E-state index in [4.69, 9.17) is 4.74 Å². The molecule has 6 nitrogen and oxygen atoms in total. The number of rotatable bonds is 5. The van der Waals surface area contributed by atoms with Gasteiger partial charge in [-0.25, -0.2) is 13.2 Å². The van der Waals surface area contributed by atoms with Gasteiger partial charge in [-0.1, -0.05) is 12.1 Å². The van der Waals surface area contributed by atoms with Gasteiger partial charge in [-0.15, -0.1) is 0 Å². The molecule has 0 saturated carbocycles. The summed E-state index contributed by atoms with van der Waals surface area (Å²) >= 11 is 0. The number of benzene rings is 2. The number of quaternary nitrogens is 1. The zero-order chi connectivity index (χ0) is 18.0. The minimum absolute atomic E-state index is 0.169. The van der Waals surface area contributed by atoms with Crippen molar-refractivity contribution in [2.45, 2.75) is 11.4 Å². The molecule has 0 spiro atoms. The third-order valence-corrected chi connectivity index (χ3v) is 4.02. The lowest BCUT2D eigenvalue weighted by Gasteiger charge is -2.23. The van der Waals surface area contributed by atoms with E-state index in [9.17, 15) is 17.8 Å². The van der Waals surface area contributed by atoms with Crippen molar-refractivity contribution in [3.63, 3.8) is 0 Å². The van der Waals surface area contributed by atoms with E-state index in [1.54, 1.807) is 12.1 Å². The van der Waals surface area contributed by atoms with Crippen LogP contribution in [0.15, 0.2) is 53.4 Å². The van der Waals surface area contributed by atoms with Crippen LogP contribution in [0.2, 0.25) is 0 Å². The lowest BCUT2D eigenvalue weighted by Crippen LogP contribution is -2.33. The molecule has 0 aromatic heterocycles. The van der Waals surface area contributed by atoms with Gasteiger partial charge in [-0.2, -0.15) is 0 Å². The Morgan fingerprint density at radius 3 is 2.00 bits per heavy atom. The SMILES string of the molecule is C[N+](C)(C)Cc1ccc(C(=O)Oc2ccc(S(=O)(=O)[O-])cc2)cc1. The van der Waals surface area contributed by atoms with E-state index >= 15 is 0 Å². The predicted octanol–water partition coefficient (Wildman–Crippen LogP) is 2.02. The lowest BCUT2D eigenvalue weighted by molar-refractivity contribution is -0.884. The first-order valence-electron chi connectivity index (χ1n) is 7.22. The lowest BCUT2D eigenvalue weighted by atomic mass is 10.1. The number of hydrogen-bond acceptors (Lipinski definition) is 5. The molecule has 0 N–H and O–H groups in total. The molecular formula is C17H19NO5S. The number of carbonyl (C=O) groups excluding carboxylic acids is 1. The molecular weight excluding hydrogens is 330 g/mol. The second kappa shape index (κ2) is 6.72. The van der Waals surface area contributed by atoms with Crippen molar-refractivity contribution < 1.29 is 27.0 Å². The molecule has 0 aliphatic rings. The van der Waals surface area contributed by atoms with Gasteiger partial charge < -0.3 is 13.8 Å². The first kappa shape index (κ1) is 18.1. The van der Waals surface area contributed by atoms with Crippen molar-refractivity contribution in [3.05, 3.63) is 59.7 Å². The van der Waals surface area contributed by atoms with Gasteiger partial charge >= 0.3 is 5.97 Å². The molecule has 0 atom stereocenters. The molecule has 0 amide bonds. The smallest absolute Gasteiger partial charge is 0.343 e. The van der Waals surface area contributed by atoms with Crippen LogP contribution in [0.5, 0.6) is 5.75 Å². The third-order valence-electron chi connectivity index (χ3n) is 3.17. The molecule has 0 unspecified atom stereocenters. The van der Waals surface area contributed by atoms with Crippen LogP contribution in [0.1, 0.15) is 15.9 Å². The molecule has 128 valence electrons. The zero-order valence-corrected chi connectivity index (χ0v) is 14.5. The monoisotopic (exact) mass is 349 g/mol. The summed E-state index contributed by atoms with van der Waals surface area (Å²) < 4.78 is 38.5. The minimum Gasteiger partial charge on any atom is -0.744 e. The molecule has 0 saturated heterocycles. The van der Waals surface area contributed by atoms with E-state index < -0.39 is 16.1 Å². The molecule has 0 aliphatic heterocycles. The largest absolute Gasteiger partial charge is 0.744 e. The normalized spacial score (nSPS) is 12.0. The van der Waals surface area contributed by atoms with Crippen molar-refractivity contribution in [1.29, 1.82) is 0 Å². The maximum absolute atomic E-state index is 12.1. The minimum atomic E-state index is -4.51. The first-order valence-corrected chi connectivity index (χ1v) is 8.63. The van der Waals surface area contributed by atoms with Gasteiger partial charge in [0.15, 0.2) is 0 Å². The van der Waals surface area contributed by atoms with Gasteiger partial charge in [-0.3, -0.25) is 0 Å². The second-order valence-electron chi connectivity index (χ2n) is 6.46. The molecule has 2 aromatic rings. The van der Waals surface area contributed by atoms with E-state index in [-0.39, 0.29) is 10.6 Å². The fourth-order valence-electron chi connectivity index (χ4n) is 2.13. The van der Waals surface area contributed by atoms with Crippen molar-refractivity contribution >= 4 is 16.1 Å². The van der Waals surface area contributed by atoms with Crippen LogP contribution in [0, 0.1) is 0 Å². The summed E-state index contributed by atoms with van der Waals surface area (Å²) in [5.41, 5.74) is 1.49. The van der Waals surface area contributed by atoms with Gasteiger partial charge in [0.05, 0.1) is 31.6 Å². The van der Waals surface area contributed by atoms with E-state index in [0.29, 0.717) is 5.56 Å². The van der Waals surface area contributed by atoms with Gasteiger partial charge in [0.2, 0.25) is 0 Å². The summed E-state index contributed by atoms with van der Waals surface area (Å²) in [5, 5.41) is 0. The first-order chi connectivity index (χ1) is 11.0. The highest BCUT2D eigenvalue weighted by molar-refractivity contribution is 7.85. The summed E-state index contributed by atoms with van der Waals surface area (Å²) in [6.07, 6.45) is 0. The van der Waals surface area contributed by atoms with E-state index in [1.165, 1.54) is 12.1 Å². The molecule has 2 aromatic carbocycles. The highest BCUT2D eigenvalue weighted by atomic mass is 32.2. The Morgan fingerprint density at radius 2 is 1.54 bits per heavy atom. The van der Waals surface area contributed by atoms with Crippen LogP contribution >= 0.6 is 0 Å². The molecule has 24 heavy (non-hydrogen) atoms. The van der Waals surface area contributed by atoms with E-state index in [2.05, 4.69) is 21.1 Å². The number of hydrogen-bond donors (Lipinski definition) is 0. The van der Waals surface area contributed by atoms with Crippen LogP contribution < -0.4 is 4.74 Å². The van der Waals surface area contributed by atoms with Gasteiger partial charge in [0.1, 0.15) is 22.4 Å². The standard InChI is InChI=1S/C17H19NO5S/c1-18(2,3)12-13-4-6-14(7-5-13)17(19)23-15-8-10-16(11-9-15)24(20,21)22/h4-11H,12H2,1-3H3. The predicted molar refractivity (Wildman–Crippen MR) is 87.5 cm³/mol. The maximum atomic E-state index is 12.1. The fraction of sp³-hybridized carbons (Fsp3) is 0.235. The van der Waals surface area contributed by atoms with Crippen molar-refractivity contribution in [1.82, 2.24) is 0 Å². The molecule has 0 heterocycles. The van der Waals surface area contributed by atoms with Gasteiger partial charge in [0.25, 0.3) is 0 Å². The third kappa shape index (κ3) is 5.16. The number of esters is 1. The Kier molecular flexibility index (Phi) is 5.08. The second-order valence-corrected chi connectivity index (χ2v) is 7.84. The van der Waals surface area contributed by atoms with Crippen LogP contribution in [-0.2, 0) is 16.7 Å². The van der Waals surface area contributed by atoms with Crippen molar-refractivity contribution in [2.24, 2.45) is 0 Å². The summed E-state index contributed by atoms with van der Waals surface area (Å²) in [4.78, 5) is 11.7. The van der Waals surface area contributed by atoms with E-state index in [1.807, 2.05) is 12.1 Å². The van der Waals surface area contributed by atoms with Crippen LogP contribution in [0.3, 0.4) is 0 Å². The molecule has 0 bridgehead atoms. The Labute approximate surface area is 141 Å². The van der Waals surface area contributed by atoms with Crippen LogP contribution in [0.25, 0.3) is 0 Å². The quantitative estimate of drug-likeness (QED) is 0.357. The fourth-order valence-corrected chi connectivity index (χ4v) is 2.60. The summed E-state index contributed by atoms with van der Waals surface area (Å²) in [6, 6.07) is 11.9. The Hall–Kier alpha value is -2.22. The molecule has 7 heteroatoms. The Morgan fingerprint density at radius 1 is 1.00 bits per heavy atom.